The van der Waals surface area contributed by atoms with Gasteiger partial charge in [-0.25, -0.2) is 13.2 Å². The number of rotatable bonds is 1. The molecule has 1 aromatic carbocycles. The number of hydrogen-bond donors (Lipinski definition) is 0. The van der Waals surface area contributed by atoms with E-state index in [0.717, 1.165) is 0 Å². The molecule has 13 heavy (non-hydrogen) atoms. The summed E-state index contributed by atoms with van der Waals surface area (Å²) in [7, 11) is 0. The smallest absolute Gasteiger partial charge is 0.177 e. The normalized spacial score (nSPS) is 9.77. The fourth-order valence-electron chi connectivity index (χ4n) is 0.880. The van der Waals surface area contributed by atoms with Crippen molar-refractivity contribution in [2.24, 2.45) is 0 Å². The minimum atomic E-state index is -1.35. The Labute approximate surface area is 80.9 Å². The van der Waals surface area contributed by atoms with Gasteiger partial charge in [-0.05, 0) is 0 Å². The predicted octanol–water partition coefficient (Wildman–Crippen LogP) is 2.87. The van der Waals surface area contributed by atoms with Crippen molar-refractivity contribution in [3.8, 4) is 6.07 Å². The van der Waals surface area contributed by atoms with Gasteiger partial charge in [0.2, 0.25) is 0 Å². The van der Waals surface area contributed by atoms with Crippen LogP contribution in [0.4, 0.5) is 13.2 Å². The lowest BCUT2D eigenvalue weighted by Crippen LogP contribution is -1.99. The van der Waals surface area contributed by atoms with Crippen LogP contribution in [-0.4, -0.2) is 0 Å². The Kier molecular flexibility index (Phi) is 2.94. The average Bonchev–Trinajstić information content (AvgIpc) is 2.10. The Hall–Kier alpha value is -1.02. The minimum absolute atomic E-state index is 0.0288. The zero-order valence-corrected chi connectivity index (χ0v) is 7.83. The molecule has 0 saturated carbocycles. The summed E-state index contributed by atoms with van der Waals surface area (Å²) in [5.41, 5.74) is -0.754. The van der Waals surface area contributed by atoms with Crippen molar-refractivity contribution in [3.63, 3.8) is 0 Å². The van der Waals surface area contributed by atoms with Crippen LogP contribution in [0.25, 0.3) is 0 Å². The molecule has 1 rings (SSSR count). The summed E-state index contributed by atoms with van der Waals surface area (Å²) in [6.45, 7) is 0. The average molecular weight is 250 g/mol. The Morgan fingerprint density at radius 3 is 2.38 bits per heavy atom. The van der Waals surface area contributed by atoms with Gasteiger partial charge in [-0.3, -0.25) is 0 Å². The van der Waals surface area contributed by atoms with Crippen LogP contribution in [0.1, 0.15) is 11.1 Å². The summed E-state index contributed by atoms with van der Waals surface area (Å²) in [6, 6.07) is 1.83. The topological polar surface area (TPSA) is 23.8 Å². The molecule has 0 aliphatic rings. The van der Waals surface area contributed by atoms with Crippen LogP contribution in [0.3, 0.4) is 0 Å². The summed E-state index contributed by atoms with van der Waals surface area (Å²) < 4.78 is 38.3. The molecule has 0 fully saturated rings. The van der Waals surface area contributed by atoms with Gasteiger partial charge in [0.25, 0.3) is 0 Å². The molecule has 0 spiro atoms. The summed E-state index contributed by atoms with van der Waals surface area (Å²) in [5, 5.41) is 8.41. The summed E-state index contributed by atoms with van der Waals surface area (Å²) in [4.78, 5) is 0. The molecule has 0 unspecified atom stereocenters. The molecule has 0 heterocycles. The third kappa shape index (κ3) is 1.68. The van der Waals surface area contributed by atoms with Gasteiger partial charge in [0, 0.05) is 17.0 Å². The lowest BCUT2D eigenvalue weighted by Gasteiger charge is -2.03. The molecule has 0 bridgehead atoms. The number of nitriles is 1. The van der Waals surface area contributed by atoms with Gasteiger partial charge < -0.3 is 0 Å². The highest BCUT2D eigenvalue weighted by atomic mass is 79.9. The van der Waals surface area contributed by atoms with Gasteiger partial charge in [0.05, 0.1) is 5.56 Å². The van der Waals surface area contributed by atoms with Crippen molar-refractivity contribution >= 4 is 15.9 Å². The molecule has 0 saturated heterocycles. The standard InChI is InChI=1S/C8H3BrF3N/c9-2-4-5(3-13)8(12)7(11)1-6(4)10/h1H,2H2. The Morgan fingerprint density at radius 2 is 1.92 bits per heavy atom. The van der Waals surface area contributed by atoms with Crippen molar-refractivity contribution in [1.82, 2.24) is 0 Å². The first kappa shape index (κ1) is 10.1. The van der Waals surface area contributed by atoms with Gasteiger partial charge in [-0.15, -0.1) is 0 Å². The highest BCUT2D eigenvalue weighted by Crippen LogP contribution is 2.21. The number of benzene rings is 1. The van der Waals surface area contributed by atoms with Gasteiger partial charge >= 0.3 is 0 Å². The molecule has 0 aliphatic heterocycles. The molecular weight excluding hydrogens is 247 g/mol. The van der Waals surface area contributed by atoms with E-state index in [0.29, 0.717) is 6.07 Å². The Bertz CT molecular complexity index is 384. The second-order valence-corrected chi connectivity index (χ2v) is 2.81. The van der Waals surface area contributed by atoms with Crippen LogP contribution in [-0.2, 0) is 5.33 Å². The molecule has 68 valence electrons. The highest BCUT2D eigenvalue weighted by molar-refractivity contribution is 9.08. The molecule has 1 aromatic rings. The zero-order chi connectivity index (χ0) is 10.0. The third-order valence-corrected chi connectivity index (χ3v) is 2.08. The van der Waals surface area contributed by atoms with E-state index >= 15 is 0 Å². The SMILES string of the molecule is N#Cc1c(F)c(F)cc(F)c1CBr. The summed E-state index contributed by atoms with van der Waals surface area (Å²) in [5.74, 6) is -3.58. The van der Waals surface area contributed by atoms with E-state index in [1.807, 2.05) is 0 Å². The summed E-state index contributed by atoms with van der Waals surface area (Å²) in [6.07, 6.45) is 0. The van der Waals surface area contributed by atoms with E-state index < -0.39 is 23.0 Å². The van der Waals surface area contributed by atoms with Crippen molar-refractivity contribution in [3.05, 3.63) is 34.6 Å². The predicted molar refractivity (Wildman–Crippen MR) is 43.7 cm³/mol. The van der Waals surface area contributed by atoms with E-state index in [9.17, 15) is 13.2 Å². The maximum atomic E-state index is 12.9. The second kappa shape index (κ2) is 3.79. The maximum absolute atomic E-state index is 12.9. The first-order valence-electron chi connectivity index (χ1n) is 3.24. The minimum Gasteiger partial charge on any atom is -0.207 e. The monoisotopic (exact) mass is 249 g/mol. The summed E-state index contributed by atoms with van der Waals surface area (Å²) >= 11 is 2.88. The number of alkyl halides is 1. The van der Waals surface area contributed by atoms with Crippen LogP contribution < -0.4 is 0 Å². The fourth-order valence-corrected chi connectivity index (χ4v) is 1.43. The number of hydrogen-bond acceptors (Lipinski definition) is 1. The van der Waals surface area contributed by atoms with Crippen LogP contribution in [0.5, 0.6) is 0 Å². The van der Waals surface area contributed by atoms with Gasteiger partial charge in [0.15, 0.2) is 11.6 Å². The molecule has 0 atom stereocenters. The lowest BCUT2D eigenvalue weighted by molar-refractivity contribution is 0.489. The van der Waals surface area contributed by atoms with E-state index in [4.69, 9.17) is 5.26 Å². The number of nitrogens with zero attached hydrogens (tertiary/aromatic N) is 1. The van der Waals surface area contributed by atoms with Crippen molar-refractivity contribution < 1.29 is 13.2 Å². The molecule has 5 heteroatoms. The molecule has 0 radical (unpaired) electrons. The highest BCUT2D eigenvalue weighted by Gasteiger charge is 2.17. The van der Waals surface area contributed by atoms with Crippen LogP contribution in [0.2, 0.25) is 0 Å². The molecule has 0 aromatic heterocycles. The molecular formula is C8H3BrF3N. The van der Waals surface area contributed by atoms with Crippen LogP contribution in [0, 0.1) is 28.8 Å². The van der Waals surface area contributed by atoms with E-state index in [1.165, 1.54) is 6.07 Å². The van der Waals surface area contributed by atoms with Crippen LogP contribution >= 0.6 is 15.9 Å². The van der Waals surface area contributed by atoms with Crippen molar-refractivity contribution in [2.75, 3.05) is 0 Å². The quantitative estimate of drug-likeness (QED) is 0.555. The van der Waals surface area contributed by atoms with Crippen molar-refractivity contribution in [2.45, 2.75) is 5.33 Å². The van der Waals surface area contributed by atoms with E-state index in [-0.39, 0.29) is 10.9 Å². The first-order chi connectivity index (χ1) is 6.11. The van der Waals surface area contributed by atoms with Gasteiger partial charge in [0.1, 0.15) is 11.9 Å². The Morgan fingerprint density at radius 1 is 1.31 bits per heavy atom. The van der Waals surface area contributed by atoms with Crippen LogP contribution in [0.15, 0.2) is 6.07 Å². The molecule has 0 amide bonds. The third-order valence-electron chi connectivity index (χ3n) is 1.52. The van der Waals surface area contributed by atoms with E-state index in [2.05, 4.69) is 15.9 Å². The fraction of sp³-hybridized carbons (Fsp3) is 0.125. The number of halogens is 4. The second-order valence-electron chi connectivity index (χ2n) is 2.25. The first-order valence-corrected chi connectivity index (χ1v) is 4.36. The lowest BCUT2D eigenvalue weighted by atomic mass is 10.1. The van der Waals surface area contributed by atoms with Gasteiger partial charge in [-0.1, -0.05) is 15.9 Å². The molecule has 0 N–H and O–H groups in total. The van der Waals surface area contributed by atoms with E-state index in [1.54, 1.807) is 0 Å². The largest absolute Gasteiger partial charge is 0.207 e. The molecule has 0 aliphatic carbocycles. The Balaban J connectivity index is 3.53. The van der Waals surface area contributed by atoms with Gasteiger partial charge in [-0.2, -0.15) is 5.26 Å². The zero-order valence-electron chi connectivity index (χ0n) is 6.24. The molecule has 1 nitrogen and oxygen atoms in total. The van der Waals surface area contributed by atoms with Crippen molar-refractivity contribution in [1.29, 1.82) is 5.26 Å². The maximum Gasteiger partial charge on any atom is 0.177 e.